The van der Waals surface area contributed by atoms with Gasteiger partial charge in [-0.25, -0.2) is 4.98 Å². The van der Waals surface area contributed by atoms with Gasteiger partial charge in [-0.15, -0.1) is 11.3 Å². The number of hydrogen-bond donors (Lipinski definition) is 1. The van der Waals surface area contributed by atoms with E-state index in [1.807, 2.05) is 19.1 Å². The van der Waals surface area contributed by atoms with Crippen molar-refractivity contribution in [3.05, 3.63) is 64.4 Å². The van der Waals surface area contributed by atoms with Gasteiger partial charge < -0.3 is 9.73 Å². The lowest BCUT2D eigenvalue weighted by molar-refractivity contribution is -0.122. The molecular formula is C20H20N2O2S. The Bertz CT molecular complexity index is 852. The van der Waals surface area contributed by atoms with E-state index in [4.69, 9.17) is 4.42 Å². The molecule has 1 aromatic carbocycles. The van der Waals surface area contributed by atoms with Crippen molar-refractivity contribution in [1.82, 2.24) is 10.3 Å². The van der Waals surface area contributed by atoms with Gasteiger partial charge in [0.1, 0.15) is 5.76 Å². The molecule has 0 saturated heterocycles. The zero-order chi connectivity index (χ0) is 17.2. The number of carbonyl (C=O) groups excluding carboxylic acids is 1. The molecule has 5 heteroatoms. The maximum Gasteiger partial charge on any atom is 0.223 e. The van der Waals surface area contributed by atoms with Gasteiger partial charge in [0.2, 0.25) is 5.91 Å². The van der Waals surface area contributed by atoms with Crippen LogP contribution in [0.1, 0.15) is 28.7 Å². The Morgan fingerprint density at radius 2 is 2.16 bits per heavy atom. The van der Waals surface area contributed by atoms with Crippen LogP contribution < -0.4 is 5.32 Å². The van der Waals surface area contributed by atoms with E-state index in [-0.39, 0.29) is 17.7 Å². The molecule has 4 rings (SSSR count). The number of nitrogens with zero attached hydrogens (tertiary/aromatic N) is 1. The number of aryl methyl sites for hydroxylation is 1. The number of furan rings is 1. The molecule has 0 aliphatic heterocycles. The molecule has 1 amide bonds. The van der Waals surface area contributed by atoms with E-state index >= 15 is 0 Å². The van der Waals surface area contributed by atoms with Gasteiger partial charge in [-0.3, -0.25) is 4.79 Å². The second kappa shape index (κ2) is 6.84. The second-order valence-electron chi connectivity index (χ2n) is 6.45. The maximum atomic E-state index is 12.2. The standard InChI is InChI=1S/C20H20N2O2S/c1-13-22-18(12-25-13)15-6-4-14(5-7-15)8-9-21-20(23)17-11-16(17)19-3-2-10-24-19/h2-7,10,12,16-17H,8-9,11H2,1H3,(H,21,23). The molecule has 1 aliphatic rings. The molecule has 2 aromatic heterocycles. The average molecular weight is 352 g/mol. The molecule has 1 N–H and O–H groups in total. The lowest BCUT2D eigenvalue weighted by Crippen LogP contribution is -2.27. The highest BCUT2D eigenvalue weighted by atomic mass is 32.1. The van der Waals surface area contributed by atoms with Crippen LogP contribution in [0.4, 0.5) is 0 Å². The third kappa shape index (κ3) is 3.66. The number of rotatable bonds is 6. The monoisotopic (exact) mass is 352 g/mol. The number of thiazole rings is 1. The largest absolute Gasteiger partial charge is 0.469 e. The minimum absolute atomic E-state index is 0.0708. The van der Waals surface area contributed by atoms with Crippen molar-refractivity contribution in [3.8, 4) is 11.3 Å². The summed E-state index contributed by atoms with van der Waals surface area (Å²) in [6, 6.07) is 12.2. The van der Waals surface area contributed by atoms with Crippen LogP contribution in [0, 0.1) is 12.8 Å². The Kier molecular flexibility index (Phi) is 4.40. The molecule has 1 fully saturated rings. The zero-order valence-electron chi connectivity index (χ0n) is 14.1. The summed E-state index contributed by atoms with van der Waals surface area (Å²) in [4.78, 5) is 16.7. The molecule has 25 heavy (non-hydrogen) atoms. The fourth-order valence-electron chi connectivity index (χ4n) is 3.10. The van der Waals surface area contributed by atoms with Gasteiger partial charge in [0, 0.05) is 29.3 Å². The molecule has 2 atom stereocenters. The third-order valence-electron chi connectivity index (χ3n) is 4.62. The highest BCUT2D eigenvalue weighted by Crippen LogP contribution is 2.47. The Morgan fingerprint density at radius 3 is 2.84 bits per heavy atom. The van der Waals surface area contributed by atoms with Crippen LogP contribution in [0.15, 0.2) is 52.5 Å². The van der Waals surface area contributed by atoms with Crippen molar-refractivity contribution in [1.29, 1.82) is 0 Å². The second-order valence-corrected chi connectivity index (χ2v) is 7.52. The van der Waals surface area contributed by atoms with Crippen LogP contribution in [0.2, 0.25) is 0 Å². The van der Waals surface area contributed by atoms with E-state index in [1.165, 1.54) is 5.56 Å². The summed E-state index contributed by atoms with van der Waals surface area (Å²) in [7, 11) is 0. The molecule has 2 unspecified atom stereocenters. The summed E-state index contributed by atoms with van der Waals surface area (Å²) in [5.74, 6) is 1.39. The van der Waals surface area contributed by atoms with Crippen LogP contribution in [-0.2, 0) is 11.2 Å². The summed E-state index contributed by atoms with van der Waals surface area (Å²) in [6.45, 7) is 2.68. The van der Waals surface area contributed by atoms with Crippen LogP contribution >= 0.6 is 11.3 Å². The minimum Gasteiger partial charge on any atom is -0.469 e. The SMILES string of the molecule is Cc1nc(-c2ccc(CCNC(=O)C3CC3c3ccco3)cc2)cs1. The van der Waals surface area contributed by atoms with E-state index in [2.05, 4.69) is 39.9 Å². The number of amides is 1. The van der Waals surface area contributed by atoms with Crippen molar-refractivity contribution in [2.75, 3.05) is 6.54 Å². The first kappa shape index (κ1) is 16.1. The smallest absolute Gasteiger partial charge is 0.223 e. The van der Waals surface area contributed by atoms with Gasteiger partial charge >= 0.3 is 0 Å². The van der Waals surface area contributed by atoms with E-state index < -0.39 is 0 Å². The highest BCUT2D eigenvalue weighted by molar-refractivity contribution is 7.09. The molecule has 128 valence electrons. The number of hydrogen-bond acceptors (Lipinski definition) is 4. The number of carbonyl (C=O) groups is 1. The van der Waals surface area contributed by atoms with Gasteiger partial charge in [0.25, 0.3) is 0 Å². The van der Waals surface area contributed by atoms with Crippen molar-refractivity contribution >= 4 is 17.2 Å². The minimum atomic E-state index is 0.0708. The molecule has 0 spiro atoms. The van der Waals surface area contributed by atoms with Crippen LogP contribution in [0.25, 0.3) is 11.3 Å². The van der Waals surface area contributed by atoms with E-state index in [0.717, 1.165) is 34.9 Å². The lowest BCUT2D eigenvalue weighted by Gasteiger charge is -2.06. The molecule has 4 nitrogen and oxygen atoms in total. The van der Waals surface area contributed by atoms with Gasteiger partial charge in [-0.05, 0) is 37.5 Å². The quantitative estimate of drug-likeness (QED) is 0.724. The Balaban J connectivity index is 1.25. The Labute approximate surface area is 150 Å². The first-order valence-electron chi connectivity index (χ1n) is 8.53. The zero-order valence-corrected chi connectivity index (χ0v) is 14.9. The number of benzene rings is 1. The molecule has 1 saturated carbocycles. The molecule has 3 aromatic rings. The molecule has 0 radical (unpaired) electrons. The van der Waals surface area contributed by atoms with Crippen LogP contribution in [-0.4, -0.2) is 17.4 Å². The lowest BCUT2D eigenvalue weighted by atomic mass is 10.1. The van der Waals surface area contributed by atoms with Crippen LogP contribution in [0.3, 0.4) is 0 Å². The van der Waals surface area contributed by atoms with Crippen molar-refractivity contribution in [3.63, 3.8) is 0 Å². The topological polar surface area (TPSA) is 55.1 Å². The predicted molar refractivity (Wildman–Crippen MR) is 98.6 cm³/mol. The van der Waals surface area contributed by atoms with Crippen molar-refractivity contribution < 1.29 is 9.21 Å². The summed E-state index contributed by atoms with van der Waals surface area (Å²) >= 11 is 1.66. The number of nitrogens with one attached hydrogen (secondary N) is 1. The fourth-order valence-corrected chi connectivity index (χ4v) is 3.72. The Hall–Kier alpha value is -2.40. The predicted octanol–water partition coefficient (Wildman–Crippen LogP) is 4.17. The van der Waals surface area contributed by atoms with Crippen molar-refractivity contribution in [2.24, 2.45) is 5.92 Å². The molecule has 0 bridgehead atoms. The first-order chi connectivity index (χ1) is 12.2. The molecule has 1 aliphatic carbocycles. The molecule has 2 heterocycles. The van der Waals surface area contributed by atoms with E-state index in [9.17, 15) is 4.79 Å². The van der Waals surface area contributed by atoms with Gasteiger partial charge in [-0.2, -0.15) is 0 Å². The summed E-state index contributed by atoms with van der Waals surface area (Å²) < 4.78 is 5.38. The Morgan fingerprint density at radius 1 is 1.32 bits per heavy atom. The van der Waals surface area contributed by atoms with Crippen molar-refractivity contribution in [2.45, 2.75) is 25.7 Å². The normalized spacial score (nSPS) is 18.9. The fraction of sp³-hybridized carbons (Fsp3) is 0.300. The summed E-state index contributed by atoms with van der Waals surface area (Å²) in [5, 5.41) is 6.20. The average Bonchev–Trinajstić information content (AvgIpc) is 3.02. The highest BCUT2D eigenvalue weighted by Gasteiger charge is 2.45. The third-order valence-corrected chi connectivity index (χ3v) is 5.39. The summed E-state index contributed by atoms with van der Waals surface area (Å²) in [6.07, 6.45) is 3.39. The van der Waals surface area contributed by atoms with E-state index in [0.29, 0.717) is 6.54 Å². The molecular weight excluding hydrogens is 332 g/mol. The number of aromatic nitrogens is 1. The summed E-state index contributed by atoms with van der Waals surface area (Å²) in [5.41, 5.74) is 3.38. The van der Waals surface area contributed by atoms with Gasteiger partial charge in [0.15, 0.2) is 0 Å². The maximum absolute atomic E-state index is 12.2. The van der Waals surface area contributed by atoms with Gasteiger partial charge in [0.05, 0.1) is 17.0 Å². The van der Waals surface area contributed by atoms with E-state index in [1.54, 1.807) is 17.6 Å². The van der Waals surface area contributed by atoms with Gasteiger partial charge in [-0.1, -0.05) is 24.3 Å². The first-order valence-corrected chi connectivity index (χ1v) is 9.41. The van der Waals surface area contributed by atoms with Crippen LogP contribution in [0.5, 0.6) is 0 Å².